The molecule has 3 heteroatoms. The van der Waals surface area contributed by atoms with Gasteiger partial charge in [-0.1, -0.05) is 53.2 Å². The Balaban J connectivity index is 0. The van der Waals surface area contributed by atoms with Crippen molar-refractivity contribution in [3.8, 4) is 0 Å². The molecule has 1 aromatic carbocycles. The van der Waals surface area contributed by atoms with Crippen LogP contribution in [0.15, 0.2) is 18.2 Å². The molecule has 1 aromatic heterocycles. The minimum Gasteiger partial charge on any atom is -0.264 e. The Kier molecular flexibility index (Phi) is 12.6. The number of rotatable bonds is 3. The van der Waals surface area contributed by atoms with Crippen LogP contribution in [0.5, 0.6) is 0 Å². The number of hydrogen-bond acceptors (Lipinski definition) is 1. The normalized spacial score (nSPS) is 9.87. The molecule has 0 bridgehead atoms. The van der Waals surface area contributed by atoms with Crippen molar-refractivity contribution in [2.45, 2.75) is 87.9 Å². The lowest BCUT2D eigenvalue weighted by Crippen LogP contribution is -2.16. The van der Waals surface area contributed by atoms with Crippen molar-refractivity contribution in [3.05, 3.63) is 29.5 Å². The molecule has 0 aliphatic carbocycles. The molecule has 0 saturated heterocycles. The van der Waals surface area contributed by atoms with Gasteiger partial charge in [-0.2, -0.15) is 5.10 Å². The van der Waals surface area contributed by atoms with Gasteiger partial charge in [0.05, 0.1) is 11.2 Å². The number of halogens is 1. The summed E-state index contributed by atoms with van der Waals surface area (Å²) in [6.45, 7) is 19.9. The second-order valence-electron chi connectivity index (χ2n) is 5.30. The Bertz CT molecular complexity index is 536. The van der Waals surface area contributed by atoms with Gasteiger partial charge in [-0.05, 0) is 39.8 Å². The third-order valence-electron chi connectivity index (χ3n) is 3.01. The molecule has 0 amide bonds. The second kappa shape index (κ2) is 12.1. The van der Waals surface area contributed by atoms with Crippen molar-refractivity contribution in [1.29, 1.82) is 0 Å². The van der Waals surface area contributed by atoms with Crippen molar-refractivity contribution in [2.24, 2.45) is 0 Å². The molecule has 2 rings (SSSR count). The standard InChI is InChI=1S/C14H19FN2.3C2H6/c1-10-5-6-13-12(9-10)11(2)16-17(13)8-7-14(3,4)15;3*1-2/h5-6,9H,7-8H2,1-4H3;3*1-2H3. The fourth-order valence-corrected chi connectivity index (χ4v) is 2.00. The van der Waals surface area contributed by atoms with E-state index in [-0.39, 0.29) is 0 Å². The summed E-state index contributed by atoms with van der Waals surface area (Å²) in [5.41, 5.74) is 2.19. The quantitative estimate of drug-likeness (QED) is 0.602. The first-order chi connectivity index (χ1) is 10.9. The van der Waals surface area contributed by atoms with Crippen molar-refractivity contribution >= 4 is 10.9 Å². The van der Waals surface area contributed by atoms with E-state index in [1.807, 2.05) is 53.1 Å². The van der Waals surface area contributed by atoms with Crippen LogP contribution in [-0.4, -0.2) is 15.4 Å². The van der Waals surface area contributed by atoms with E-state index in [2.05, 4.69) is 30.2 Å². The molecule has 0 spiro atoms. The maximum absolute atomic E-state index is 13.5. The molecule has 0 unspecified atom stereocenters. The van der Waals surface area contributed by atoms with Gasteiger partial charge in [0.1, 0.15) is 5.67 Å². The van der Waals surface area contributed by atoms with Crippen LogP contribution < -0.4 is 0 Å². The van der Waals surface area contributed by atoms with Crippen LogP contribution in [0.2, 0.25) is 0 Å². The molecular weight excluding hydrogens is 287 g/mol. The topological polar surface area (TPSA) is 17.8 Å². The van der Waals surface area contributed by atoms with E-state index in [0.29, 0.717) is 13.0 Å². The van der Waals surface area contributed by atoms with Crippen LogP contribution >= 0.6 is 0 Å². The fourth-order valence-electron chi connectivity index (χ4n) is 2.00. The Hall–Kier alpha value is -1.38. The van der Waals surface area contributed by atoms with Gasteiger partial charge in [-0.25, -0.2) is 4.39 Å². The third-order valence-corrected chi connectivity index (χ3v) is 3.01. The molecule has 0 atom stereocenters. The molecule has 2 aromatic rings. The lowest BCUT2D eigenvalue weighted by molar-refractivity contribution is 0.190. The molecule has 0 aliphatic rings. The molecule has 0 fully saturated rings. The van der Waals surface area contributed by atoms with Gasteiger partial charge in [0.25, 0.3) is 0 Å². The number of benzene rings is 1. The van der Waals surface area contributed by atoms with Crippen molar-refractivity contribution in [2.75, 3.05) is 0 Å². The summed E-state index contributed by atoms with van der Waals surface area (Å²) >= 11 is 0. The first kappa shape index (κ1) is 23.9. The zero-order valence-corrected chi connectivity index (χ0v) is 16.9. The number of fused-ring (bicyclic) bond motifs is 1. The average molecular weight is 325 g/mol. The lowest BCUT2D eigenvalue weighted by atomic mass is 10.1. The molecule has 134 valence electrons. The molecular formula is C20H37FN2. The summed E-state index contributed by atoms with van der Waals surface area (Å²) in [6.07, 6.45) is 0.483. The fraction of sp³-hybridized carbons (Fsp3) is 0.650. The zero-order chi connectivity index (χ0) is 18.6. The number of aromatic nitrogens is 2. The summed E-state index contributed by atoms with van der Waals surface area (Å²) < 4.78 is 15.4. The molecule has 0 radical (unpaired) electrons. The van der Waals surface area contributed by atoms with E-state index >= 15 is 0 Å². The van der Waals surface area contributed by atoms with Gasteiger partial charge in [-0.15, -0.1) is 0 Å². The number of aryl methyl sites for hydroxylation is 3. The molecule has 1 heterocycles. The first-order valence-electron chi connectivity index (χ1n) is 8.99. The summed E-state index contributed by atoms with van der Waals surface area (Å²) in [5.74, 6) is 0. The smallest absolute Gasteiger partial charge is 0.107 e. The Labute approximate surface area is 143 Å². The second-order valence-corrected chi connectivity index (χ2v) is 5.30. The van der Waals surface area contributed by atoms with E-state index in [1.54, 1.807) is 13.8 Å². The van der Waals surface area contributed by atoms with Crippen LogP contribution in [0, 0.1) is 13.8 Å². The Morgan fingerprint density at radius 1 is 1.00 bits per heavy atom. The number of hydrogen-bond donors (Lipinski definition) is 0. The minimum atomic E-state index is -1.14. The van der Waals surface area contributed by atoms with Gasteiger partial charge >= 0.3 is 0 Å². The van der Waals surface area contributed by atoms with Crippen molar-refractivity contribution in [3.63, 3.8) is 0 Å². The largest absolute Gasteiger partial charge is 0.264 e. The van der Waals surface area contributed by atoms with Gasteiger partial charge in [0.15, 0.2) is 0 Å². The van der Waals surface area contributed by atoms with E-state index in [0.717, 1.165) is 11.2 Å². The molecule has 23 heavy (non-hydrogen) atoms. The highest BCUT2D eigenvalue weighted by atomic mass is 19.1. The van der Waals surface area contributed by atoms with Gasteiger partial charge < -0.3 is 0 Å². The maximum atomic E-state index is 13.5. The SMILES string of the molecule is CC.CC.CC.Cc1ccc2c(c1)c(C)nn2CCC(C)(C)F. The van der Waals surface area contributed by atoms with E-state index in [9.17, 15) is 4.39 Å². The number of nitrogens with zero attached hydrogens (tertiary/aromatic N) is 2. The first-order valence-corrected chi connectivity index (χ1v) is 8.99. The monoisotopic (exact) mass is 324 g/mol. The van der Waals surface area contributed by atoms with E-state index in [4.69, 9.17) is 0 Å². The van der Waals surface area contributed by atoms with Crippen LogP contribution in [0.25, 0.3) is 10.9 Å². The summed E-state index contributed by atoms with van der Waals surface area (Å²) in [4.78, 5) is 0. The number of alkyl halides is 1. The molecule has 0 N–H and O–H groups in total. The molecule has 0 saturated carbocycles. The van der Waals surface area contributed by atoms with Crippen LogP contribution in [0.1, 0.15) is 73.1 Å². The van der Waals surface area contributed by atoms with Gasteiger partial charge in [0, 0.05) is 18.4 Å². The van der Waals surface area contributed by atoms with Gasteiger partial charge in [0.2, 0.25) is 0 Å². The summed E-state index contributed by atoms with van der Waals surface area (Å²) in [5, 5.41) is 5.65. The third kappa shape index (κ3) is 8.15. The summed E-state index contributed by atoms with van der Waals surface area (Å²) in [6, 6.07) is 6.27. The van der Waals surface area contributed by atoms with Crippen LogP contribution in [0.4, 0.5) is 4.39 Å². The van der Waals surface area contributed by atoms with Crippen LogP contribution in [0.3, 0.4) is 0 Å². The lowest BCUT2D eigenvalue weighted by Gasteiger charge is -2.13. The Morgan fingerprint density at radius 2 is 1.52 bits per heavy atom. The highest BCUT2D eigenvalue weighted by Crippen LogP contribution is 2.22. The van der Waals surface area contributed by atoms with Crippen molar-refractivity contribution in [1.82, 2.24) is 9.78 Å². The molecule has 0 aliphatic heterocycles. The molecule has 2 nitrogen and oxygen atoms in total. The average Bonchev–Trinajstić information content (AvgIpc) is 2.86. The zero-order valence-electron chi connectivity index (χ0n) is 16.9. The van der Waals surface area contributed by atoms with E-state index < -0.39 is 5.67 Å². The maximum Gasteiger partial charge on any atom is 0.107 e. The Morgan fingerprint density at radius 3 is 2.00 bits per heavy atom. The predicted octanol–water partition coefficient (Wildman–Crippen LogP) is 6.87. The highest BCUT2D eigenvalue weighted by molar-refractivity contribution is 5.82. The van der Waals surface area contributed by atoms with Gasteiger partial charge in [-0.3, -0.25) is 4.68 Å². The van der Waals surface area contributed by atoms with Crippen LogP contribution in [-0.2, 0) is 6.54 Å². The minimum absolute atomic E-state index is 0.483. The predicted molar refractivity (Wildman–Crippen MR) is 103 cm³/mol. The highest BCUT2D eigenvalue weighted by Gasteiger charge is 2.16. The summed E-state index contributed by atoms with van der Waals surface area (Å²) in [7, 11) is 0. The van der Waals surface area contributed by atoms with Crippen molar-refractivity contribution < 1.29 is 4.39 Å². The van der Waals surface area contributed by atoms with E-state index in [1.165, 1.54) is 10.9 Å².